The Morgan fingerprint density at radius 1 is 1.00 bits per heavy atom. The first-order valence-corrected chi connectivity index (χ1v) is 13.5. The first-order valence-electron chi connectivity index (χ1n) is 12.7. The maximum atomic E-state index is 14.3. The Hall–Kier alpha value is -3.33. The monoisotopic (exact) mass is 570 g/mol. The van der Waals surface area contributed by atoms with Gasteiger partial charge in [-0.1, -0.05) is 47.5 Å². The summed E-state index contributed by atoms with van der Waals surface area (Å²) in [6.45, 7) is 1.73. The van der Waals surface area contributed by atoms with Gasteiger partial charge in [0.1, 0.15) is 36.7 Å². The normalized spacial score (nSPS) is 19.1. The van der Waals surface area contributed by atoms with Crippen LogP contribution in [0, 0.1) is 0 Å². The average molecular weight is 571 g/mol. The molecule has 39 heavy (non-hydrogen) atoms. The Balaban J connectivity index is 1.69. The van der Waals surface area contributed by atoms with Gasteiger partial charge in [0, 0.05) is 42.3 Å². The molecule has 0 spiro atoms. The zero-order chi connectivity index (χ0) is 27.4. The predicted molar refractivity (Wildman–Crippen MR) is 151 cm³/mol. The number of piperazine rings is 1. The summed E-state index contributed by atoms with van der Waals surface area (Å²) in [5, 5.41) is 4.50. The standard InChI is InChI=1S/C29H29Cl2FN4O3/c1-38-23-10-11-24(25(18-23)39-17-12-32)28-34-26(19-2-6-21(30)7-3-19)27(20-4-8-22(31)9-5-20)36(28)29(37)35-15-13-33-14-16-35/h2-11,18,26-27,33H,12-17H2,1H3. The van der Waals surface area contributed by atoms with Crippen LogP contribution in [0.4, 0.5) is 9.18 Å². The molecule has 2 aliphatic rings. The minimum atomic E-state index is -0.659. The Morgan fingerprint density at radius 2 is 1.64 bits per heavy atom. The van der Waals surface area contributed by atoms with Gasteiger partial charge in [0.05, 0.1) is 18.7 Å². The highest BCUT2D eigenvalue weighted by Gasteiger charge is 2.44. The number of halogens is 3. The van der Waals surface area contributed by atoms with Crippen molar-refractivity contribution in [3.05, 3.63) is 93.5 Å². The quantitative estimate of drug-likeness (QED) is 0.383. The minimum Gasteiger partial charge on any atom is -0.497 e. The SMILES string of the molecule is COc1ccc(C2=NC(c3ccc(Cl)cc3)C(c3ccc(Cl)cc3)N2C(=O)N2CCNCC2)c(OCCF)c1. The molecule has 3 aromatic carbocycles. The van der Waals surface area contributed by atoms with Gasteiger partial charge in [-0.25, -0.2) is 9.18 Å². The third kappa shape index (κ3) is 5.83. The van der Waals surface area contributed by atoms with Crippen molar-refractivity contribution in [3.8, 4) is 11.5 Å². The highest BCUT2D eigenvalue weighted by atomic mass is 35.5. The van der Waals surface area contributed by atoms with Crippen LogP contribution in [0.25, 0.3) is 0 Å². The molecule has 7 nitrogen and oxygen atoms in total. The van der Waals surface area contributed by atoms with Gasteiger partial charge in [-0.15, -0.1) is 0 Å². The molecule has 2 unspecified atom stereocenters. The zero-order valence-corrected chi connectivity index (χ0v) is 23.0. The Bertz CT molecular complexity index is 1330. The number of nitrogens with one attached hydrogen (secondary N) is 1. The predicted octanol–water partition coefficient (Wildman–Crippen LogP) is 5.92. The van der Waals surface area contributed by atoms with Crippen molar-refractivity contribution in [2.45, 2.75) is 12.1 Å². The van der Waals surface area contributed by atoms with Gasteiger partial charge in [0.25, 0.3) is 0 Å². The van der Waals surface area contributed by atoms with Crippen molar-refractivity contribution < 1.29 is 18.7 Å². The molecule has 0 saturated carbocycles. The number of amides is 2. The maximum Gasteiger partial charge on any atom is 0.326 e. The van der Waals surface area contributed by atoms with Gasteiger partial charge < -0.3 is 19.7 Å². The summed E-state index contributed by atoms with van der Waals surface area (Å²) in [5.41, 5.74) is 2.34. The Labute approximate surface area is 237 Å². The zero-order valence-electron chi connectivity index (χ0n) is 21.4. The number of alkyl halides is 1. The fraction of sp³-hybridized carbons (Fsp3) is 0.310. The lowest BCUT2D eigenvalue weighted by Gasteiger charge is -2.36. The Kier molecular flexibility index (Phi) is 8.55. The van der Waals surface area contributed by atoms with Crippen LogP contribution in [0.3, 0.4) is 0 Å². The third-order valence-electron chi connectivity index (χ3n) is 6.85. The lowest BCUT2D eigenvalue weighted by atomic mass is 9.93. The van der Waals surface area contributed by atoms with E-state index in [0.717, 1.165) is 11.1 Å². The van der Waals surface area contributed by atoms with Gasteiger partial charge in [-0.05, 0) is 47.5 Å². The van der Waals surface area contributed by atoms with E-state index in [9.17, 15) is 9.18 Å². The van der Waals surface area contributed by atoms with Crippen LogP contribution in [0.15, 0.2) is 71.7 Å². The number of carbonyl (C=O) groups excluding carboxylic acids is 1. The van der Waals surface area contributed by atoms with E-state index >= 15 is 0 Å². The van der Waals surface area contributed by atoms with E-state index in [-0.39, 0.29) is 12.6 Å². The van der Waals surface area contributed by atoms with Crippen molar-refractivity contribution in [1.82, 2.24) is 15.1 Å². The summed E-state index contributed by atoms with van der Waals surface area (Å²) in [6, 6.07) is 19.1. The summed E-state index contributed by atoms with van der Waals surface area (Å²) >= 11 is 12.4. The number of urea groups is 1. The van der Waals surface area contributed by atoms with Crippen LogP contribution < -0.4 is 14.8 Å². The second kappa shape index (κ2) is 12.2. The first kappa shape index (κ1) is 27.2. The number of carbonyl (C=O) groups is 1. The molecule has 3 aromatic rings. The van der Waals surface area contributed by atoms with Crippen molar-refractivity contribution in [2.75, 3.05) is 46.6 Å². The number of hydrogen-bond donors (Lipinski definition) is 1. The fourth-order valence-electron chi connectivity index (χ4n) is 4.95. The number of ether oxygens (including phenoxy) is 2. The molecule has 2 aliphatic heterocycles. The van der Waals surface area contributed by atoms with E-state index in [1.807, 2.05) is 53.4 Å². The minimum absolute atomic E-state index is 0.138. The fourth-order valence-corrected chi connectivity index (χ4v) is 5.20. The first-order chi connectivity index (χ1) is 19.0. The van der Waals surface area contributed by atoms with Gasteiger partial charge in [-0.2, -0.15) is 0 Å². The van der Waals surface area contributed by atoms with E-state index in [1.165, 1.54) is 0 Å². The topological polar surface area (TPSA) is 66.4 Å². The molecule has 0 aromatic heterocycles. The second-order valence-corrected chi connectivity index (χ2v) is 10.1. The van der Waals surface area contributed by atoms with Crippen molar-refractivity contribution in [1.29, 1.82) is 0 Å². The number of hydrogen-bond acceptors (Lipinski definition) is 5. The Morgan fingerprint density at radius 3 is 2.26 bits per heavy atom. The molecular weight excluding hydrogens is 542 g/mol. The lowest BCUT2D eigenvalue weighted by Crippen LogP contribution is -2.53. The number of rotatable bonds is 7. The molecule has 2 atom stereocenters. The molecule has 1 N–H and O–H groups in total. The number of benzene rings is 3. The summed E-state index contributed by atoms with van der Waals surface area (Å²) in [6.07, 6.45) is 0. The van der Waals surface area contributed by atoms with E-state index < -0.39 is 18.8 Å². The largest absolute Gasteiger partial charge is 0.497 e. The average Bonchev–Trinajstić information content (AvgIpc) is 3.37. The van der Waals surface area contributed by atoms with Crippen LogP contribution in [-0.2, 0) is 0 Å². The molecule has 10 heteroatoms. The lowest BCUT2D eigenvalue weighted by molar-refractivity contribution is 0.157. The molecule has 1 saturated heterocycles. The number of aliphatic imine (C=N–C) groups is 1. The summed E-state index contributed by atoms with van der Waals surface area (Å²) in [4.78, 5) is 23.0. The van der Waals surface area contributed by atoms with Crippen LogP contribution in [-0.4, -0.2) is 68.2 Å². The van der Waals surface area contributed by atoms with Crippen LogP contribution in [0.2, 0.25) is 10.0 Å². The number of amidine groups is 1. The molecular formula is C29H29Cl2FN4O3. The molecule has 2 amide bonds. The van der Waals surface area contributed by atoms with Crippen molar-refractivity contribution >= 4 is 35.1 Å². The molecule has 2 heterocycles. The number of methoxy groups -OCH3 is 1. The summed E-state index contributed by atoms with van der Waals surface area (Å²) in [5.74, 6) is 1.38. The maximum absolute atomic E-state index is 14.3. The van der Waals surface area contributed by atoms with Gasteiger partial charge in [-0.3, -0.25) is 9.89 Å². The smallest absolute Gasteiger partial charge is 0.326 e. The second-order valence-electron chi connectivity index (χ2n) is 9.23. The molecule has 5 rings (SSSR count). The highest BCUT2D eigenvalue weighted by Crippen LogP contribution is 2.45. The molecule has 0 bridgehead atoms. The van der Waals surface area contributed by atoms with Crippen LogP contribution in [0.5, 0.6) is 11.5 Å². The van der Waals surface area contributed by atoms with E-state index in [4.69, 9.17) is 37.7 Å². The summed E-state index contributed by atoms with van der Waals surface area (Å²) < 4.78 is 24.4. The van der Waals surface area contributed by atoms with E-state index in [2.05, 4.69) is 5.32 Å². The van der Waals surface area contributed by atoms with Crippen molar-refractivity contribution in [2.24, 2.45) is 4.99 Å². The van der Waals surface area contributed by atoms with Crippen LogP contribution in [0.1, 0.15) is 28.8 Å². The molecule has 0 aliphatic carbocycles. The van der Waals surface area contributed by atoms with E-state index in [0.29, 0.717) is 59.1 Å². The molecule has 0 radical (unpaired) electrons. The van der Waals surface area contributed by atoms with Crippen LogP contribution >= 0.6 is 23.2 Å². The molecule has 204 valence electrons. The van der Waals surface area contributed by atoms with Gasteiger partial charge >= 0.3 is 6.03 Å². The summed E-state index contributed by atoms with van der Waals surface area (Å²) in [7, 11) is 1.55. The van der Waals surface area contributed by atoms with Crippen molar-refractivity contribution in [3.63, 3.8) is 0 Å². The van der Waals surface area contributed by atoms with Gasteiger partial charge in [0.2, 0.25) is 0 Å². The highest BCUT2D eigenvalue weighted by molar-refractivity contribution is 6.30. The third-order valence-corrected chi connectivity index (χ3v) is 7.35. The van der Waals surface area contributed by atoms with Gasteiger partial charge in [0.15, 0.2) is 0 Å². The molecule has 1 fully saturated rings. The van der Waals surface area contributed by atoms with E-state index in [1.54, 1.807) is 30.2 Å². The number of nitrogens with zero attached hydrogens (tertiary/aromatic N) is 3.